The zero-order valence-electron chi connectivity index (χ0n) is 8.42. The Morgan fingerprint density at radius 3 is 2.06 bits per heavy atom. The first kappa shape index (κ1) is 15.1. The molecular formula is C6H11F3N2O4S. The van der Waals surface area contributed by atoms with E-state index in [1.54, 1.807) is 4.72 Å². The van der Waals surface area contributed by atoms with Gasteiger partial charge in [0.05, 0.1) is 0 Å². The van der Waals surface area contributed by atoms with Crippen molar-refractivity contribution in [2.24, 2.45) is 0 Å². The maximum Gasteiger partial charge on any atom is 0.402 e. The zero-order chi connectivity index (χ0) is 13.2. The van der Waals surface area contributed by atoms with Gasteiger partial charge in [0.15, 0.2) is 0 Å². The molecule has 0 aliphatic rings. The van der Waals surface area contributed by atoms with Crippen LogP contribution in [0.2, 0.25) is 0 Å². The summed E-state index contributed by atoms with van der Waals surface area (Å²) in [6.07, 6.45) is -4.71. The van der Waals surface area contributed by atoms with Gasteiger partial charge in [-0.25, -0.2) is 0 Å². The van der Waals surface area contributed by atoms with Gasteiger partial charge < -0.3 is 5.11 Å². The van der Waals surface area contributed by atoms with Crippen LogP contribution >= 0.6 is 0 Å². The number of carboxylic acids is 1. The summed E-state index contributed by atoms with van der Waals surface area (Å²) in [4.78, 5) is 10.5. The highest BCUT2D eigenvalue weighted by Crippen LogP contribution is 2.13. The Morgan fingerprint density at radius 2 is 1.75 bits per heavy atom. The van der Waals surface area contributed by atoms with E-state index in [4.69, 9.17) is 5.11 Å². The molecule has 0 fully saturated rings. The molecule has 0 aromatic heterocycles. The second-order valence-electron chi connectivity index (χ2n) is 3.47. The van der Waals surface area contributed by atoms with Crippen molar-refractivity contribution in [2.45, 2.75) is 25.6 Å². The zero-order valence-corrected chi connectivity index (χ0v) is 9.24. The average molecular weight is 264 g/mol. The van der Waals surface area contributed by atoms with Crippen molar-refractivity contribution < 1.29 is 31.5 Å². The fourth-order valence-electron chi connectivity index (χ4n) is 0.592. The Kier molecular flexibility index (Phi) is 4.31. The highest BCUT2D eigenvalue weighted by atomic mass is 32.2. The Balaban J connectivity index is 4.55. The summed E-state index contributed by atoms with van der Waals surface area (Å²) in [7, 11) is -4.52. The van der Waals surface area contributed by atoms with Gasteiger partial charge in [0.2, 0.25) is 0 Å². The lowest BCUT2D eigenvalue weighted by molar-refractivity contribution is -0.142. The van der Waals surface area contributed by atoms with E-state index in [-0.39, 0.29) is 0 Å². The molecule has 16 heavy (non-hydrogen) atoms. The van der Waals surface area contributed by atoms with E-state index in [2.05, 4.69) is 0 Å². The maximum absolute atomic E-state index is 11.7. The Bertz CT molecular complexity index is 362. The highest BCUT2D eigenvalue weighted by Gasteiger charge is 2.35. The van der Waals surface area contributed by atoms with Crippen LogP contribution in [0, 0.1) is 0 Å². The summed E-state index contributed by atoms with van der Waals surface area (Å²) in [5.41, 5.74) is -1.89. The molecule has 0 atom stereocenters. The number of alkyl halides is 3. The average Bonchev–Trinajstić information content (AvgIpc) is 1.97. The van der Waals surface area contributed by atoms with Crippen LogP contribution in [0.1, 0.15) is 13.8 Å². The van der Waals surface area contributed by atoms with Crippen molar-refractivity contribution in [3.8, 4) is 0 Å². The number of hydrogen-bond acceptors (Lipinski definition) is 3. The summed E-state index contributed by atoms with van der Waals surface area (Å²) < 4.78 is 59.9. The van der Waals surface area contributed by atoms with Gasteiger partial charge in [-0.15, -0.1) is 0 Å². The smallest absolute Gasteiger partial charge is 0.402 e. The Morgan fingerprint density at radius 1 is 1.31 bits per heavy atom. The third-order valence-electron chi connectivity index (χ3n) is 1.39. The fraction of sp³-hybridized carbons (Fsp3) is 0.833. The lowest BCUT2D eigenvalue weighted by Crippen LogP contribution is -2.54. The fourth-order valence-corrected chi connectivity index (χ4v) is 1.78. The number of carbonyl (C=O) groups is 1. The molecule has 0 unspecified atom stereocenters. The SMILES string of the molecule is CC(C)(NS(=O)(=O)NCC(F)(F)F)C(=O)O. The first-order valence-electron chi connectivity index (χ1n) is 3.94. The van der Waals surface area contributed by atoms with Crippen LogP contribution in [0.4, 0.5) is 13.2 Å². The van der Waals surface area contributed by atoms with Crippen molar-refractivity contribution in [1.82, 2.24) is 9.44 Å². The summed E-state index contributed by atoms with van der Waals surface area (Å²) in [5.74, 6) is -1.51. The number of aliphatic carboxylic acids is 1. The normalized spacial score (nSPS) is 13.8. The second-order valence-corrected chi connectivity index (χ2v) is 4.97. The van der Waals surface area contributed by atoms with Gasteiger partial charge in [0, 0.05) is 0 Å². The lowest BCUT2D eigenvalue weighted by Gasteiger charge is -2.21. The van der Waals surface area contributed by atoms with E-state index in [0.717, 1.165) is 13.8 Å². The van der Waals surface area contributed by atoms with Crippen LogP contribution in [0.15, 0.2) is 0 Å². The van der Waals surface area contributed by atoms with Crippen LogP contribution in [-0.2, 0) is 15.0 Å². The standard InChI is InChI=1S/C6H11F3N2O4S/c1-5(2,4(12)13)11-16(14,15)10-3-6(7,8)9/h10-11H,3H2,1-2H3,(H,12,13). The number of hydrogen-bond donors (Lipinski definition) is 3. The molecule has 0 heterocycles. The molecule has 0 aromatic rings. The molecule has 0 spiro atoms. The third kappa shape index (κ3) is 5.88. The minimum atomic E-state index is -4.71. The molecule has 0 rings (SSSR count). The number of nitrogens with one attached hydrogen (secondary N) is 2. The largest absolute Gasteiger partial charge is 0.480 e. The molecule has 0 amide bonds. The van der Waals surface area contributed by atoms with Crippen LogP contribution in [0.3, 0.4) is 0 Å². The third-order valence-corrected chi connectivity index (χ3v) is 2.69. The van der Waals surface area contributed by atoms with Crippen LogP contribution in [0.5, 0.6) is 0 Å². The van der Waals surface area contributed by atoms with E-state index in [0.29, 0.717) is 0 Å². The molecule has 0 bridgehead atoms. The number of rotatable bonds is 5. The summed E-state index contributed by atoms with van der Waals surface area (Å²) in [6.45, 7) is 0.238. The van der Waals surface area contributed by atoms with Crippen LogP contribution in [0.25, 0.3) is 0 Å². The van der Waals surface area contributed by atoms with Gasteiger partial charge in [0.25, 0.3) is 10.2 Å². The molecule has 10 heteroatoms. The quantitative estimate of drug-likeness (QED) is 0.642. The molecule has 0 aliphatic heterocycles. The molecule has 0 aliphatic carbocycles. The molecule has 0 aromatic carbocycles. The van der Waals surface area contributed by atoms with Gasteiger partial charge in [-0.05, 0) is 13.8 Å². The van der Waals surface area contributed by atoms with Gasteiger partial charge in [-0.3, -0.25) is 4.79 Å². The molecule has 6 nitrogen and oxygen atoms in total. The molecule has 96 valence electrons. The van der Waals surface area contributed by atoms with E-state index < -0.39 is 34.4 Å². The first-order chi connectivity index (χ1) is 6.86. The van der Waals surface area contributed by atoms with Gasteiger partial charge in [-0.2, -0.15) is 31.0 Å². The van der Waals surface area contributed by atoms with E-state index in [1.165, 1.54) is 4.72 Å². The first-order valence-corrected chi connectivity index (χ1v) is 5.43. The van der Waals surface area contributed by atoms with Gasteiger partial charge in [0.1, 0.15) is 12.1 Å². The van der Waals surface area contributed by atoms with Crippen molar-refractivity contribution in [3.05, 3.63) is 0 Å². The van der Waals surface area contributed by atoms with Crippen molar-refractivity contribution >= 4 is 16.2 Å². The highest BCUT2D eigenvalue weighted by molar-refractivity contribution is 7.87. The molecular weight excluding hydrogens is 253 g/mol. The van der Waals surface area contributed by atoms with Crippen molar-refractivity contribution in [1.29, 1.82) is 0 Å². The number of carboxylic acid groups (broad SMARTS) is 1. The number of halogens is 3. The summed E-state index contributed by atoms with van der Waals surface area (Å²) in [6, 6.07) is 0. The Labute approximate surface area is 90.0 Å². The lowest BCUT2D eigenvalue weighted by atomic mass is 10.1. The summed E-state index contributed by atoms with van der Waals surface area (Å²) in [5, 5.41) is 8.56. The van der Waals surface area contributed by atoms with Crippen molar-refractivity contribution in [2.75, 3.05) is 6.54 Å². The monoisotopic (exact) mass is 264 g/mol. The minimum Gasteiger partial charge on any atom is -0.480 e. The predicted molar refractivity (Wildman–Crippen MR) is 47.8 cm³/mol. The molecule has 0 saturated heterocycles. The second kappa shape index (κ2) is 4.55. The van der Waals surface area contributed by atoms with Gasteiger partial charge in [-0.1, -0.05) is 0 Å². The molecule has 0 saturated carbocycles. The molecule has 3 N–H and O–H groups in total. The summed E-state index contributed by atoms with van der Waals surface area (Å²) >= 11 is 0. The minimum absolute atomic E-state index is 1.00. The topological polar surface area (TPSA) is 95.5 Å². The van der Waals surface area contributed by atoms with Crippen molar-refractivity contribution in [3.63, 3.8) is 0 Å². The van der Waals surface area contributed by atoms with E-state index in [1.807, 2.05) is 0 Å². The van der Waals surface area contributed by atoms with Crippen LogP contribution in [-0.4, -0.2) is 37.8 Å². The van der Waals surface area contributed by atoms with Crippen LogP contribution < -0.4 is 9.44 Å². The van der Waals surface area contributed by atoms with Gasteiger partial charge >= 0.3 is 12.1 Å². The molecule has 0 radical (unpaired) electrons. The van der Waals surface area contributed by atoms with E-state index >= 15 is 0 Å². The van der Waals surface area contributed by atoms with E-state index in [9.17, 15) is 26.4 Å². The predicted octanol–water partition coefficient (Wildman–Crippen LogP) is -0.164. The Hall–Kier alpha value is -0.870. The maximum atomic E-state index is 11.7.